The number of likely N-dealkylation sites (tertiary alicyclic amines) is 1. The molecule has 0 radical (unpaired) electrons. The molecule has 3 rings (SSSR count). The van der Waals surface area contributed by atoms with Gasteiger partial charge in [0.2, 0.25) is 0 Å². The third kappa shape index (κ3) is 3.29. The minimum absolute atomic E-state index is 0.0476. The van der Waals surface area contributed by atoms with Crippen molar-refractivity contribution in [1.82, 2.24) is 25.2 Å². The summed E-state index contributed by atoms with van der Waals surface area (Å²) in [5, 5.41) is 11.3. The second kappa shape index (κ2) is 6.54. The first-order chi connectivity index (χ1) is 11.1. The first-order valence-corrected chi connectivity index (χ1v) is 8.05. The molecular weight excluding hydrogens is 294 g/mol. The van der Waals surface area contributed by atoms with E-state index in [1.807, 2.05) is 20.8 Å². The van der Waals surface area contributed by atoms with E-state index in [2.05, 4.69) is 20.5 Å². The van der Waals surface area contributed by atoms with E-state index in [0.29, 0.717) is 12.2 Å². The number of nitrogens with one attached hydrogen (secondary N) is 1. The highest BCUT2D eigenvalue weighted by atomic mass is 16.5. The molecule has 1 amide bonds. The lowest BCUT2D eigenvalue weighted by molar-refractivity contribution is 0.0927. The van der Waals surface area contributed by atoms with Crippen LogP contribution in [0.1, 0.15) is 40.9 Å². The highest BCUT2D eigenvalue weighted by molar-refractivity contribution is 5.92. The van der Waals surface area contributed by atoms with Gasteiger partial charge in [-0.3, -0.25) is 14.4 Å². The van der Waals surface area contributed by atoms with E-state index >= 15 is 0 Å². The number of nitrogens with zero attached hydrogens (tertiary/aromatic N) is 4. The molecule has 23 heavy (non-hydrogen) atoms. The van der Waals surface area contributed by atoms with Crippen molar-refractivity contribution in [1.29, 1.82) is 0 Å². The smallest absolute Gasteiger partial charge is 0.269 e. The van der Waals surface area contributed by atoms with Gasteiger partial charge in [0.1, 0.15) is 11.5 Å². The van der Waals surface area contributed by atoms with Crippen molar-refractivity contribution in [3.8, 4) is 0 Å². The summed E-state index contributed by atoms with van der Waals surface area (Å²) >= 11 is 0. The molecule has 2 aromatic heterocycles. The second-order valence-electron chi connectivity index (χ2n) is 6.03. The first-order valence-electron chi connectivity index (χ1n) is 8.05. The van der Waals surface area contributed by atoms with Gasteiger partial charge in [-0.15, -0.1) is 0 Å². The van der Waals surface area contributed by atoms with Crippen molar-refractivity contribution in [2.24, 2.45) is 0 Å². The van der Waals surface area contributed by atoms with Gasteiger partial charge in [0.15, 0.2) is 0 Å². The maximum Gasteiger partial charge on any atom is 0.269 e. The maximum atomic E-state index is 12.4. The molecule has 7 heteroatoms. The van der Waals surface area contributed by atoms with E-state index in [9.17, 15) is 4.79 Å². The van der Waals surface area contributed by atoms with Crippen molar-refractivity contribution in [2.75, 3.05) is 13.1 Å². The van der Waals surface area contributed by atoms with Gasteiger partial charge < -0.3 is 9.84 Å². The molecule has 1 saturated heterocycles. The van der Waals surface area contributed by atoms with Crippen LogP contribution in [0, 0.1) is 13.8 Å². The molecule has 1 aliphatic heterocycles. The number of carbonyl (C=O) groups is 1. The van der Waals surface area contributed by atoms with Gasteiger partial charge in [0.05, 0.1) is 5.69 Å². The fourth-order valence-corrected chi connectivity index (χ4v) is 3.08. The second-order valence-corrected chi connectivity index (χ2v) is 6.03. The zero-order valence-electron chi connectivity index (χ0n) is 13.9. The van der Waals surface area contributed by atoms with Gasteiger partial charge in [-0.25, -0.2) is 0 Å². The number of aryl methyl sites for hydroxylation is 3. The maximum absolute atomic E-state index is 12.4. The Labute approximate surface area is 135 Å². The molecular formula is C16H23N5O2. The van der Waals surface area contributed by atoms with E-state index in [0.717, 1.165) is 43.1 Å². The molecule has 1 fully saturated rings. The fourth-order valence-electron chi connectivity index (χ4n) is 3.08. The van der Waals surface area contributed by atoms with Crippen LogP contribution in [0.4, 0.5) is 0 Å². The summed E-state index contributed by atoms with van der Waals surface area (Å²) in [6.07, 6.45) is 2.62. The normalized spacial score (nSPS) is 18.5. The molecule has 0 bridgehead atoms. The summed E-state index contributed by atoms with van der Waals surface area (Å²) in [6.45, 7) is 9.20. The van der Waals surface area contributed by atoms with Crippen molar-refractivity contribution < 1.29 is 9.32 Å². The van der Waals surface area contributed by atoms with E-state index < -0.39 is 0 Å². The first kappa shape index (κ1) is 15.7. The lowest BCUT2D eigenvalue weighted by atomic mass is 10.2. The van der Waals surface area contributed by atoms with Gasteiger partial charge in [-0.1, -0.05) is 5.16 Å². The third-order valence-corrected chi connectivity index (χ3v) is 4.42. The average molecular weight is 317 g/mol. The van der Waals surface area contributed by atoms with Crippen LogP contribution in [-0.2, 0) is 13.1 Å². The highest BCUT2D eigenvalue weighted by Gasteiger charge is 2.26. The number of aromatic nitrogens is 3. The van der Waals surface area contributed by atoms with Crippen LogP contribution in [0.15, 0.2) is 16.8 Å². The number of amides is 1. The molecule has 3 heterocycles. The Bertz CT molecular complexity index is 671. The Morgan fingerprint density at radius 1 is 1.48 bits per heavy atom. The van der Waals surface area contributed by atoms with E-state index in [-0.39, 0.29) is 11.9 Å². The van der Waals surface area contributed by atoms with Crippen LogP contribution in [0.5, 0.6) is 0 Å². The van der Waals surface area contributed by atoms with Crippen LogP contribution >= 0.6 is 0 Å². The molecule has 1 atom stereocenters. The van der Waals surface area contributed by atoms with Crippen LogP contribution in [0.2, 0.25) is 0 Å². The number of carbonyl (C=O) groups excluding carboxylic acids is 1. The lowest BCUT2D eigenvalue weighted by Crippen LogP contribution is -2.38. The zero-order chi connectivity index (χ0) is 16.4. The summed E-state index contributed by atoms with van der Waals surface area (Å²) in [7, 11) is 0. The van der Waals surface area contributed by atoms with Gasteiger partial charge in [-0.2, -0.15) is 5.10 Å². The van der Waals surface area contributed by atoms with Gasteiger partial charge in [-0.05, 0) is 33.3 Å². The largest absolute Gasteiger partial charge is 0.361 e. The predicted molar refractivity (Wildman–Crippen MR) is 85.0 cm³/mol. The van der Waals surface area contributed by atoms with Crippen molar-refractivity contribution in [3.05, 3.63) is 35.0 Å². The quantitative estimate of drug-likeness (QED) is 0.904. The van der Waals surface area contributed by atoms with Crippen molar-refractivity contribution in [2.45, 2.75) is 46.3 Å². The van der Waals surface area contributed by atoms with Gasteiger partial charge >= 0.3 is 0 Å². The Morgan fingerprint density at radius 3 is 3.00 bits per heavy atom. The molecule has 0 spiro atoms. The number of hydrogen-bond donors (Lipinski definition) is 1. The van der Waals surface area contributed by atoms with E-state index in [4.69, 9.17) is 4.52 Å². The molecule has 124 valence electrons. The van der Waals surface area contributed by atoms with Crippen LogP contribution in [-0.4, -0.2) is 44.9 Å². The van der Waals surface area contributed by atoms with E-state index in [1.54, 1.807) is 16.9 Å². The SMILES string of the molecule is CCn1nccc1C(=O)NC1CCN(Cc2c(C)noc2C)C1. The molecule has 0 aliphatic carbocycles. The summed E-state index contributed by atoms with van der Waals surface area (Å²) in [6, 6.07) is 1.93. The molecule has 0 saturated carbocycles. The lowest BCUT2D eigenvalue weighted by Gasteiger charge is -2.16. The summed E-state index contributed by atoms with van der Waals surface area (Å²) < 4.78 is 6.93. The predicted octanol–water partition coefficient (Wildman–Crippen LogP) is 1.51. The highest BCUT2D eigenvalue weighted by Crippen LogP contribution is 2.19. The minimum Gasteiger partial charge on any atom is -0.361 e. The zero-order valence-corrected chi connectivity index (χ0v) is 13.9. The third-order valence-electron chi connectivity index (χ3n) is 4.42. The fraction of sp³-hybridized carbons (Fsp3) is 0.562. The molecule has 2 aromatic rings. The van der Waals surface area contributed by atoms with Gasteiger partial charge in [0, 0.05) is 44.0 Å². The Morgan fingerprint density at radius 2 is 2.30 bits per heavy atom. The Kier molecular flexibility index (Phi) is 4.47. The molecule has 1 unspecified atom stereocenters. The average Bonchev–Trinajstić information content (AvgIpc) is 3.24. The number of hydrogen-bond acceptors (Lipinski definition) is 5. The molecule has 0 aromatic carbocycles. The standard InChI is InChI=1S/C16H23N5O2/c1-4-21-15(5-7-17-21)16(22)18-13-6-8-20(9-13)10-14-11(2)19-23-12(14)3/h5,7,13H,4,6,8-10H2,1-3H3,(H,18,22). The number of rotatable bonds is 5. The Hall–Kier alpha value is -2.15. The monoisotopic (exact) mass is 317 g/mol. The molecule has 1 aliphatic rings. The molecule has 7 nitrogen and oxygen atoms in total. The minimum atomic E-state index is -0.0476. The van der Waals surface area contributed by atoms with Crippen LogP contribution < -0.4 is 5.32 Å². The summed E-state index contributed by atoms with van der Waals surface area (Å²) in [4.78, 5) is 14.7. The molecule has 1 N–H and O–H groups in total. The summed E-state index contributed by atoms with van der Waals surface area (Å²) in [5.41, 5.74) is 2.72. The van der Waals surface area contributed by atoms with E-state index in [1.165, 1.54) is 0 Å². The topological polar surface area (TPSA) is 76.2 Å². The summed E-state index contributed by atoms with van der Waals surface area (Å²) in [5.74, 6) is 0.829. The van der Waals surface area contributed by atoms with Crippen LogP contribution in [0.3, 0.4) is 0 Å². The van der Waals surface area contributed by atoms with Crippen molar-refractivity contribution >= 4 is 5.91 Å². The van der Waals surface area contributed by atoms with Crippen molar-refractivity contribution in [3.63, 3.8) is 0 Å². The van der Waals surface area contributed by atoms with Crippen LogP contribution in [0.25, 0.3) is 0 Å². The Balaban J connectivity index is 1.57. The van der Waals surface area contributed by atoms with Gasteiger partial charge in [0.25, 0.3) is 5.91 Å².